The standard InChI is InChI=1S/C9H17N3O/c1-3-5-11(2)7-8-12-6-4-10-9(12)13/h3,5H,4,6-8H2,1-2H3,(H,10,13). The van der Waals surface area contributed by atoms with Crippen LogP contribution >= 0.6 is 0 Å². The maximum absolute atomic E-state index is 11.1. The Bertz CT molecular complexity index is 203. The van der Waals surface area contributed by atoms with Gasteiger partial charge in [0.25, 0.3) is 0 Å². The molecule has 4 heteroatoms. The number of nitrogens with one attached hydrogen (secondary N) is 1. The third-order valence-corrected chi connectivity index (χ3v) is 2.07. The molecule has 1 aliphatic rings. The van der Waals surface area contributed by atoms with Gasteiger partial charge in [0, 0.05) is 33.2 Å². The molecule has 0 saturated carbocycles. The fraction of sp³-hybridized carbons (Fsp3) is 0.667. The summed E-state index contributed by atoms with van der Waals surface area (Å²) in [6.45, 7) is 5.29. The zero-order valence-corrected chi connectivity index (χ0v) is 8.29. The molecule has 0 aliphatic carbocycles. The molecule has 1 N–H and O–H groups in total. The number of nitrogens with zero attached hydrogens (tertiary/aromatic N) is 2. The highest BCUT2D eigenvalue weighted by molar-refractivity contribution is 5.76. The van der Waals surface area contributed by atoms with Crippen molar-refractivity contribution >= 4 is 6.03 Å². The molecule has 4 nitrogen and oxygen atoms in total. The predicted molar refractivity (Wildman–Crippen MR) is 52.4 cm³/mol. The Morgan fingerprint density at radius 1 is 1.69 bits per heavy atom. The van der Waals surface area contributed by atoms with Crippen LogP contribution in [0.4, 0.5) is 4.79 Å². The molecular formula is C9H17N3O. The fourth-order valence-electron chi connectivity index (χ4n) is 1.33. The molecular weight excluding hydrogens is 166 g/mol. The second-order valence-corrected chi connectivity index (χ2v) is 3.18. The molecule has 1 saturated heterocycles. The van der Waals surface area contributed by atoms with Gasteiger partial charge >= 0.3 is 6.03 Å². The lowest BCUT2D eigenvalue weighted by molar-refractivity contribution is 0.213. The smallest absolute Gasteiger partial charge is 0.317 e. The molecule has 2 amide bonds. The molecule has 1 fully saturated rings. The summed E-state index contributed by atoms with van der Waals surface area (Å²) in [5.74, 6) is 0. The Labute approximate surface area is 79.2 Å². The first-order valence-electron chi connectivity index (χ1n) is 4.60. The van der Waals surface area contributed by atoms with Crippen LogP contribution in [0.1, 0.15) is 6.92 Å². The topological polar surface area (TPSA) is 35.6 Å². The molecule has 0 unspecified atom stereocenters. The first-order chi connectivity index (χ1) is 6.24. The Morgan fingerprint density at radius 2 is 2.46 bits per heavy atom. The Balaban J connectivity index is 2.21. The number of carbonyl (C=O) groups is 1. The summed E-state index contributed by atoms with van der Waals surface area (Å²) in [6, 6.07) is 0.0638. The highest BCUT2D eigenvalue weighted by Gasteiger charge is 2.18. The number of allylic oxidation sites excluding steroid dienone is 1. The van der Waals surface area contributed by atoms with E-state index in [2.05, 4.69) is 10.2 Å². The Morgan fingerprint density at radius 3 is 3.00 bits per heavy atom. The van der Waals surface area contributed by atoms with E-state index in [0.717, 1.165) is 26.2 Å². The Kier molecular flexibility index (Phi) is 3.61. The van der Waals surface area contributed by atoms with Crippen molar-refractivity contribution < 1.29 is 4.79 Å². The molecule has 0 atom stereocenters. The SMILES string of the molecule is CC=CN(C)CCN1CCNC1=O. The van der Waals surface area contributed by atoms with E-state index in [-0.39, 0.29) is 6.03 Å². The molecule has 0 bridgehead atoms. The minimum absolute atomic E-state index is 0.0638. The van der Waals surface area contributed by atoms with Gasteiger partial charge in [-0.3, -0.25) is 0 Å². The third-order valence-electron chi connectivity index (χ3n) is 2.07. The lowest BCUT2D eigenvalue weighted by atomic mass is 10.5. The number of urea groups is 1. The average molecular weight is 183 g/mol. The van der Waals surface area contributed by atoms with E-state index >= 15 is 0 Å². The second-order valence-electron chi connectivity index (χ2n) is 3.18. The van der Waals surface area contributed by atoms with Gasteiger partial charge in [0.15, 0.2) is 0 Å². The van der Waals surface area contributed by atoms with E-state index in [9.17, 15) is 4.79 Å². The van der Waals surface area contributed by atoms with Gasteiger partial charge in [-0.2, -0.15) is 0 Å². The summed E-state index contributed by atoms with van der Waals surface area (Å²) in [6.07, 6.45) is 4.00. The molecule has 0 aromatic rings. The lowest BCUT2D eigenvalue weighted by Gasteiger charge is -2.19. The molecule has 1 rings (SSSR count). The van der Waals surface area contributed by atoms with Crippen LogP contribution in [0.25, 0.3) is 0 Å². The van der Waals surface area contributed by atoms with Crippen LogP contribution in [-0.2, 0) is 0 Å². The van der Waals surface area contributed by atoms with Crippen molar-refractivity contribution in [1.82, 2.24) is 15.1 Å². The van der Waals surface area contributed by atoms with Crippen LogP contribution < -0.4 is 5.32 Å². The summed E-state index contributed by atoms with van der Waals surface area (Å²) in [5, 5.41) is 2.78. The summed E-state index contributed by atoms with van der Waals surface area (Å²) in [5.41, 5.74) is 0. The van der Waals surface area contributed by atoms with Crippen LogP contribution in [0.5, 0.6) is 0 Å². The molecule has 1 heterocycles. The monoisotopic (exact) mass is 183 g/mol. The number of amides is 2. The van der Waals surface area contributed by atoms with Gasteiger partial charge in [-0.1, -0.05) is 6.08 Å². The highest BCUT2D eigenvalue weighted by Crippen LogP contribution is 1.96. The normalized spacial score (nSPS) is 16.8. The maximum atomic E-state index is 11.1. The van der Waals surface area contributed by atoms with Gasteiger partial charge in [0.05, 0.1) is 0 Å². The van der Waals surface area contributed by atoms with Crippen LogP contribution in [-0.4, -0.2) is 49.1 Å². The first kappa shape index (κ1) is 9.89. The van der Waals surface area contributed by atoms with Gasteiger partial charge in [-0.25, -0.2) is 4.79 Å². The predicted octanol–water partition coefficient (Wildman–Crippen LogP) is 0.477. The second kappa shape index (κ2) is 4.74. The minimum Gasteiger partial charge on any atom is -0.379 e. The zero-order valence-electron chi connectivity index (χ0n) is 8.29. The van der Waals surface area contributed by atoms with Crippen LogP contribution in [0.3, 0.4) is 0 Å². The number of hydrogen-bond donors (Lipinski definition) is 1. The van der Waals surface area contributed by atoms with Crippen molar-refractivity contribution in [3.05, 3.63) is 12.3 Å². The average Bonchev–Trinajstić information content (AvgIpc) is 2.48. The van der Waals surface area contributed by atoms with E-state index in [1.54, 1.807) is 0 Å². The minimum atomic E-state index is 0.0638. The van der Waals surface area contributed by atoms with Crippen LogP contribution in [0.15, 0.2) is 12.3 Å². The van der Waals surface area contributed by atoms with Gasteiger partial charge < -0.3 is 15.1 Å². The van der Waals surface area contributed by atoms with E-state index in [1.807, 2.05) is 31.1 Å². The van der Waals surface area contributed by atoms with E-state index in [1.165, 1.54) is 0 Å². The summed E-state index contributed by atoms with van der Waals surface area (Å²) < 4.78 is 0. The number of likely N-dealkylation sites (N-methyl/N-ethyl adjacent to an activating group) is 1. The van der Waals surface area contributed by atoms with Crippen molar-refractivity contribution in [1.29, 1.82) is 0 Å². The number of carbonyl (C=O) groups excluding carboxylic acids is 1. The summed E-state index contributed by atoms with van der Waals surface area (Å²) in [7, 11) is 2.01. The summed E-state index contributed by atoms with van der Waals surface area (Å²) in [4.78, 5) is 15.0. The molecule has 13 heavy (non-hydrogen) atoms. The maximum Gasteiger partial charge on any atom is 0.317 e. The molecule has 1 aliphatic heterocycles. The molecule has 0 radical (unpaired) electrons. The molecule has 74 valence electrons. The summed E-state index contributed by atoms with van der Waals surface area (Å²) >= 11 is 0. The van der Waals surface area contributed by atoms with Crippen molar-refractivity contribution in [3.8, 4) is 0 Å². The molecule has 0 aromatic heterocycles. The zero-order chi connectivity index (χ0) is 9.68. The highest BCUT2D eigenvalue weighted by atomic mass is 16.2. The van der Waals surface area contributed by atoms with Crippen LogP contribution in [0, 0.1) is 0 Å². The molecule has 0 spiro atoms. The fourth-order valence-corrected chi connectivity index (χ4v) is 1.33. The quantitative estimate of drug-likeness (QED) is 0.688. The Hall–Kier alpha value is -1.19. The lowest BCUT2D eigenvalue weighted by Crippen LogP contribution is -2.34. The van der Waals surface area contributed by atoms with Crippen molar-refractivity contribution in [2.75, 3.05) is 33.2 Å². The number of rotatable bonds is 4. The largest absolute Gasteiger partial charge is 0.379 e. The van der Waals surface area contributed by atoms with Gasteiger partial charge in [0.2, 0.25) is 0 Å². The van der Waals surface area contributed by atoms with E-state index in [0.29, 0.717) is 0 Å². The van der Waals surface area contributed by atoms with Gasteiger partial charge in [-0.05, 0) is 13.1 Å². The van der Waals surface area contributed by atoms with Crippen molar-refractivity contribution in [3.63, 3.8) is 0 Å². The first-order valence-corrected chi connectivity index (χ1v) is 4.60. The van der Waals surface area contributed by atoms with Gasteiger partial charge in [-0.15, -0.1) is 0 Å². The third kappa shape index (κ3) is 2.97. The molecule has 0 aromatic carbocycles. The van der Waals surface area contributed by atoms with Crippen LogP contribution in [0.2, 0.25) is 0 Å². The van der Waals surface area contributed by atoms with Gasteiger partial charge in [0.1, 0.15) is 0 Å². The van der Waals surface area contributed by atoms with Crippen molar-refractivity contribution in [2.24, 2.45) is 0 Å². The van der Waals surface area contributed by atoms with Crippen molar-refractivity contribution in [2.45, 2.75) is 6.92 Å². The number of hydrogen-bond acceptors (Lipinski definition) is 2. The van der Waals surface area contributed by atoms with E-state index < -0.39 is 0 Å². The van der Waals surface area contributed by atoms with E-state index in [4.69, 9.17) is 0 Å².